The number of morpholine rings is 1. The molecule has 1 aromatic rings. The van der Waals surface area contributed by atoms with Gasteiger partial charge in [0.1, 0.15) is 0 Å². The maximum absolute atomic E-state index is 11.8. The predicted molar refractivity (Wildman–Crippen MR) is 87.7 cm³/mol. The summed E-state index contributed by atoms with van der Waals surface area (Å²) in [5.74, 6) is 0.00351. The number of nitrogens with one attached hydrogen (secondary N) is 2. The minimum atomic E-state index is -0.0251. The van der Waals surface area contributed by atoms with E-state index < -0.39 is 0 Å². The molecule has 4 nitrogen and oxygen atoms in total. The fourth-order valence-corrected chi connectivity index (χ4v) is 2.59. The number of carbonyl (C=O) groups is 1. The van der Waals surface area contributed by atoms with Crippen molar-refractivity contribution in [3.8, 4) is 0 Å². The molecular formula is C14H19Cl3N2O2. The van der Waals surface area contributed by atoms with Crippen LogP contribution < -0.4 is 10.6 Å². The quantitative estimate of drug-likeness (QED) is 0.855. The number of hydrogen-bond donors (Lipinski definition) is 2. The van der Waals surface area contributed by atoms with Crippen LogP contribution in [0, 0.1) is 0 Å². The molecular weight excluding hydrogens is 335 g/mol. The molecule has 0 bridgehead atoms. The standard InChI is InChI=1S/C14H18Cl2N2O2.ClH/c15-11-2-1-10(13(16)7-11)3-4-18-14(19)8-12-9-17-5-6-20-12;/h1-2,7,12,17H,3-6,8-9H2,(H,18,19);1H. The Hall–Kier alpha value is -0.520. The van der Waals surface area contributed by atoms with Crippen LogP contribution in [-0.2, 0) is 16.0 Å². The van der Waals surface area contributed by atoms with E-state index in [1.165, 1.54) is 0 Å². The van der Waals surface area contributed by atoms with Crippen LogP contribution in [0.25, 0.3) is 0 Å². The molecule has 2 rings (SSSR count). The lowest BCUT2D eigenvalue weighted by Gasteiger charge is -2.23. The van der Waals surface area contributed by atoms with E-state index in [-0.39, 0.29) is 24.4 Å². The summed E-state index contributed by atoms with van der Waals surface area (Å²) in [5.41, 5.74) is 0.979. The van der Waals surface area contributed by atoms with Gasteiger partial charge in [-0.1, -0.05) is 29.3 Å². The lowest BCUT2D eigenvalue weighted by Crippen LogP contribution is -2.41. The zero-order valence-corrected chi connectivity index (χ0v) is 13.9. The lowest BCUT2D eigenvalue weighted by molar-refractivity contribution is -0.124. The second kappa shape index (κ2) is 9.49. The van der Waals surface area contributed by atoms with Gasteiger partial charge in [0.05, 0.1) is 19.1 Å². The van der Waals surface area contributed by atoms with Crippen molar-refractivity contribution >= 4 is 41.5 Å². The Labute approximate surface area is 140 Å². The molecule has 1 amide bonds. The molecule has 21 heavy (non-hydrogen) atoms. The molecule has 0 radical (unpaired) electrons. The van der Waals surface area contributed by atoms with Gasteiger partial charge in [0.25, 0.3) is 0 Å². The van der Waals surface area contributed by atoms with Crippen molar-refractivity contribution in [3.63, 3.8) is 0 Å². The number of rotatable bonds is 5. The summed E-state index contributed by atoms with van der Waals surface area (Å²) < 4.78 is 5.49. The largest absolute Gasteiger partial charge is 0.375 e. The first kappa shape index (κ1) is 18.5. The Bertz CT molecular complexity index is 466. The van der Waals surface area contributed by atoms with Crippen LogP contribution in [0.3, 0.4) is 0 Å². The first-order valence-corrected chi connectivity index (χ1v) is 7.43. The summed E-state index contributed by atoms with van der Waals surface area (Å²) in [6, 6.07) is 5.39. The summed E-state index contributed by atoms with van der Waals surface area (Å²) in [4.78, 5) is 11.8. The zero-order chi connectivity index (χ0) is 14.4. The molecule has 0 aromatic heterocycles. The first-order valence-electron chi connectivity index (χ1n) is 6.68. The molecule has 0 spiro atoms. The van der Waals surface area contributed by atoms with Crippen molar-refractivity contribution in [2.45, 2.75) is 18.9 Å². The highest BCUT2D eigenvalue weighted by molar-refractivity contribution is 6.35. The molecule has 2 N–H and O–H groups in total. The fraction of sp³-hybridized carbons (Fsp3) is 0.500. The van der Waals surface area contributed by atoms with Crippen molar-refractivity contribution in [3.05, 3.63) is 33.8 Å². The molecule has 1 saturated heterocycles. The van der Waals surface area contributed by atoms with Crippen LogP contribution in [0.2, 0.25) is 10.0 Å². The van der Waals surface area contributed by atoms with Crippen molar-refractivity contribution in [2.24, 2.45) is 0 Å². The Morgan fingerprint density at radius 1 is 1.43 bits per heavy atom. The number of ether oxygens (including phenoxy) is 1. The van der Waals surface area contributed by atoms with Gasteiger partial charge >= 0.3 is 0 Å². The molecule has 1 atom stereocenters. The SMILES string of the molecule is Cl.O=C(CC1CNCCO1)NCCc1ccc(Cl)cc1Cl. The summed E-state index contributed by atoms with van der Waals surface area (Å²) in [6.45, 7) is 2.81. The number of halogens is 3. The first-order chi connectivity index (χ1) is 9.65. The monoisotopic (exact) mass is 352 g/mol. The van der Waals surface area contributed by atoms with Gasteiger partial charge in [-0.05, 0) is 24.1 Å². The molecule has 0 aliphatic carbocycles. The maximum Gasteiger partial charge on any atom is 0.222 e. The van der Waals surface area contributed by atoms with Gasteiger partial charge in [0, 0.05) is 29.7 Å². The average molecular weight is 354 g/mol. The summed E-state index contributed by atoms with van der Waals surface area (Å²) in [5, 5.41) is 7.33. The smallest absolute Gasteiger partial charge is 0.222 e. The van der Waals surface area contributed by atoms with Gasteiger partial charge in [0.15, 0.2) is 0 Å². The van der Waals surface area contributed by atoms with Gasteiger partial charge in [-0.2, -0.15) is 0 Å². The number of carbonyl (C=O) groups excluding carboxylic acids is 1. The highest BCUT2D eigenvalue weighted by Gasteiger charge is 2.16. The van der Waals surface area contributed by atoms with Crippen LogP contribution in [0.1, 0.15) is 12.0 Å². The van der Waals surface area contributed by atoms with Crippen molar-refractivity contribution < 1.29 is 9.53 Å². The van der Waals surface area contributed by atoms with E-state index in [9.17, 15) is 4.79 Å². The van der Waals surface area contributed by atoms with E-state index in [1.807, 2.05) is 6.07 Å². The van der Waals surface area contributed by atoms with Crippen LogP contribution in [-0.4, -0.2) is 38.3 Å². The highest BCUT2D eigenvalue weighted by Crippen LogP contribution is 2.21. The van der Waals surface area contributed by atoms with Gasteiger partial charge in [-0.15, -0.1) is 12.4 Å². The molecule has 7 heteroatoms. The van der Waals surface area contributed by atoms with Crippen molar-refractivity contribution in [2.75, 3.05) is 26.2 Å². The number of benzene rings is 1. The summed E-state index contributed by atoms with van der Waals surface area (Å²) in [7, 11) is 0. The van der Waals surface area contributed by atoms with Crippen LogP contribution in [0.15, 0.2) is 18.2 Å². The van der Waals surface area contributed by atoms with E-state index in [2.05, 4.69) is 10.6 Å². The van der Waals surface area contributed by atoms with Gasteiger partial charge < -0.3 is 15.4 Å². The van der Waals surface area contributed by atoms with Crippen molar-refractivity contribution in [1.82, 2.24) is 10.6 Å². The van der Waals surface area contributed by atoms with E-state index in [0.717, 1.165) is 18.7 Å². The molecule has 1 heterocycles. The minimum absolute atomic E-state index is 0. The van der Waals surface area contributed by atoms with Gasteiger partial charge in [-0.25, -0.2) is 0 Å². The molecule has 1 aromatic carbocycles. The number of amides is 1. The third kappa shape index (κ3) is 6.41. The molecule has 1 aliphatic heterocycles. The van der Waals surface area contributed by atoms with E-state index in [1.54, 1.807) is 12.1 Å². The molecule has 1 aliphatic rings. The average Bonchev–Trinajstić information content (AvgIpc) is 2.42. The fourth-order valence-electron chi connectivity index (χ4n) is 2.09. The second-order valence-corrected chi connectivity index (χ2v) is 5.58. The van der Waals surface area contributed by atoms with Crippen molar-refractivity contribution in [1.29, 1.82) is 0 Å². The predicted octanol–water partition coefficient (Wildman–Crippen LogP) is 2.45. The highest BCUT2D eigenvalue weighted by atomic mass is 35.5. The van der Waals surface area contributed by atoms with Crippen LogP contribution >= 0.6 is 35.6 Å². The van der Waals surface area contributed by atoms with Gasteiger partial charge in [-0.3, -0.25) is 4.79 Å². The lowest BCUT2D eigenvalue weighted by atomic mass is 10.1. The molecule has 1 unspecified atom stereocenters. The summed E-state index contributed by atoms with van der Waals surface area (Å²) in [6.07, 6.45) is 1.05. The third-order valence-corrected chi connectivity index (χ3v) is 3.74. The molecule has 0 saturated carbocycles. The third-order valence-electron chi connectivity index (χ3n) is 3.15. The number of hydrogen-bond acceptors (Lipinski definition) is 3. The second-order valence-electron chi connectivity index (χ2n) is 4.74. The maximum atomic E-state index is 11.8. The molecule has 1 fully saturated rings. The normalized spacial score (nSPS) is 17.9. The topological polar surface area (TPSA) is 50.4 Å². The van der Waals surface area contributed by atoms with Crippen LogP contribution in [0.4, 0.5) is 0 Å². The minimum Gasteiger partial charge on any atom is -0.375 e. The van der Waals surface area contributed by atoms with E-state index >= 15 is 0 Å². The Morgan fingerprint density at radius 2 is 2.24 bits per heavy atom. The van der Waals surface area contributed by atoms with Gasteiger partial charge in [0.2, 0.25) is 5.91 Å². The Morgan fingerprint density at radius 3 is 2.90 bits per heavy atom. The summed E-state index contributed by atoms with van der Waals surface area (Å²) >= 11 is 11.9. The van der Waals surface area contributed by atoms with E-state index in [0.29, 0.717) is 36.0 Å². The van der Waals surface area contributed by atoms with E-state index in [4.69, 9.17) is 27.9 Å². The zero-order valence-electron chi connectivity index (χ0n) is 11.5. The van der Waals surface area contributed by atoms with Crippen LogP contribution in [0.5, 0.6) is 0 Å². The Kier molecular flexibility index (Phi) is 8.37. The Balaban J connectivity index is 0.00000220. The molecule has 118 valence electrons.